The standard InChI is InChI=1S/C17H21Cl2N3O2/c1-10(14-6-5-13(18)7-16(14)19)20-17(23)9-22(4)8-15-11(2)21-24-12(15)3/h5-7,10H,8-9H2,1-4H3,(H,20,23)/t10-/m0/s1. The van der Waals surface area contributed by atoms with Gasteiger partial charge in [-0.25, -0.2) is 0 Å². The molecule has 24 heavy (non-hydrogen) atoms. The molecule has 7 heteroatoms. The Hall–Kier alpha value is -1.56. The maximum absolute atomic E-state index is 12.3. The SMILES string of the molecule is Cc1noc(C)c1CN(C)CC(=O)N[C@@H](C)c1ccc(Cl)cc1Cl. The van der Waals surface area contributed by atoms with Crippen molar-refractivity contribution < 1.29 is 9.32 Å². The minimum Gasteiger partial charge on any atom is -0.361 e. The lowest BCUT2D eigenvalue weighted by Gasteiger charge is -2.20. The average molecular weight is 370 g/mol. The van der Waals surface area contributed by atoms with Gasteiger partial charge in [-0.05, 0) is 45.5 Å². The molecule has 130 valence electrons. The molecule has 0 spiro atoms. The van der Waals surface area contributed by atoms with Gasteiger partial charge in [-0.1, -0.05) is 34.4 Å². The second kappa shape index (κ2) is 8.01. The second-order valence-corrected chi connectivity index (χ2v) is 6.77. The largest absolute Gasteiger partial charge is 0.361 e. The van der Waals surface area contributed by atoms with Gasteiger partial charge in [0.1, 0.15) is 5.76 Å². The molecular formula is C17H21Cl2N3O2. The summed E-state index contributed by atoms with van der Waals surface area (Å²) < 4.78 is 5.14. The van der Waals surface area contributed by atoms with Crippen LogP contribution >= 0.6 is 23.2 Å². The zero-order chi connectivity index (χ0) is 17.9. The van der Waals surface area contributed by atoms with Crippen LogP contribution in [-0.4, -0.2) is 29.6 Å². The summed E-state index contributed by atoms with van der Waals surface area (Å²) in [7, 11) is 1.88. The summed E-state index contributed by atoms with van der Waals surface area (Å²) in [5.41, 5.74) is 2.70. The smallest absolute Gasteiger partial charge is 0.234 e. The van der Waals surface area contributed by atoms with Gasteiger partial charge in [0.05, 0.1) is 18.3 Å². The van der Waals surface area contributed by atoms with Gasteiger partial charge in [0, 0.05) is 22.2 Å². The highest BCUT2D eigenvalue weighted by Crippen LogP contribution is 2.26. The number of hydrogen-bond acceptors (Lipinski definition) is 4. The topological polar surface area (TPSA) is 58.4 Å². The van der Waals surface area contributed by atoms with E-state index in [-0.39, 0.29) is 18.5 Å². The molecule has 1 heterocycles. The lowest BCUT2D eigenvalue weighted by molar-refractivity contribution is -0.122. The van der Waals surface area contributed by atoms with Crippen molar-refractivity contribution in [3.05, 3.63) is 50.8 Å². The Balaban J connectivity index is 1.92. The van der Waals surface area contributed by atoms with Crippen molar-refractivity contribution in [3.63, 3.8) is 0 Å². The van der Waals surface area contributed by atoms with Crippen molar-refractivity contribution in [2.75, 3.05) is 13.6 Å². The van der Waals surface area contributed by atoms with E-state index >= 15 is 0 Å². The molecule has 1 amide bonds. The molecule has 0 bridgehead atoms. The number of aryl methyl sites for hydroxylation is 2. The number of nitrogens with one attached hydrogen (secondary N) is 1. The zero-order valence-electron chi connectivity index (χ0n) is 14.2. The number of hydrogen-bond donors (Lipinski definition) is 1. The molecule has 0 aliphatic carbocycles. The number of amides is 1. The molecule has 1 N–H and O–H groups in total. The average Bonchev–Trinajstić information content (AvgIpc) is 2.78. The Kier molecular flexibility index (Phi) is 6.27. The summed E-state index contributed by atoms with van der Waals surface area (Å²) in [6, 6.07) is 5.05. The number of nitrogens with zero attached hydrogens (tertiary/aromatic N) is 2. The van der Waals surface area contributed by atoms with E-state index in [0.717, 1.165) is 22.6 Å². The number of benzene rings is 1. The Morgan fingerprint density at radius 2 is 2.08 bits per heavy atom. The molecule has 0 fully saturated rings. The van der Waals surface area contributed by atoms with Crippen LogP contribution in [0.25, 0.3) is 0 Å². The van der Waals surface area contributed by atoms with Gasteiger partial charge in [0.2, 0.25) is 5.91 Å². The quantitative estimate of drug-likeness (QED) is 0.838. The van der Waals surface area contributed by atoms with E-state index in [1.54, 1.807) is 12.1 Å². The van der Waals surface area contributed by atoms with Crippen LogP contribution in [0, 0.1) is 13.8 Å². The fourth-order valence-electron chi connectivity index (χ4n) is 2.52. The highest BCUT2D eigenvalue weighted by Gasteiger charge is 2.16. The van der Waals surface area contributed by atoms with E-state index in [4.69, 9.17) is 27.7 Å². The van der Waals surface area contributed by atoms with Crippen LogP contribution in [0.2, 0.25) is 10.0 Å². The highest BCUT2D eigenvalue weighted by molar-refractivity contribution is 6.35. The zero-order valence-corrected chi connectivity index (χ0v) is 15.7. The van der Waals surface area contributed by atoms with Gasteiger partial charge in [0.25, 0.3) is 0 Å². The first-order chi connectivity index (χ1) is 11.3. The first-order valence-corrected chi connectivity index (χ1v) is 8.38. The van der Waals surface area contributed by atoms with Crippen LogP contribution in [-0.2, 0) is 11.3 Å². The molecule has 0 aliphatic rings. The summed E-state index contributed by atoms with van der Waals surface area (Å²) in [5.74, 6) is 0.698. The Bertz CT molecular complexity index is 711. The van der Waals surface area contributed by atoms with Crippen LogP contribution in [0.1, 0.15) is 35.5 Å². The fraction of sp³-hybridized carbons (Fsp3) is 0.412. The third kappa shape index (κ3) is 4.72. The van der Waals surface area contributed by atoms with Crippen molar-refractivity contribution in [1.29, 1.82) is 0 Å². The molecule has 1 aromatic carbocycles. The maximum atomic E-state index is 12.3. The molecule has 1 atom stereocenters. The van der Waals surface area contributed by atoms with Gasteiger partial charge >= 0.3 is 0 Å². The normalized spacial score (nSPS) is 12.5. The molecule has 0 unspecified atom stereocenters. The number of carbonyl (C=O) groups is 1. The number of halogens is 2. The molecule has 1 aromatic heterocycles. The van der Waals surface area contributed by atoms with E-state index in [1.165, 1.54) is 0 Å². The van der Waals surface area contributed by atoms with Crippen LogP contribution in [0.5, 0.6) is 0 Å². The summed E-state index contributed by atoms with van der Waals surface area (Å²) in [4.78, 5) is 14.2. The van der Waals surface area contributed by atoms with Gasteiger partial charge < -0.3 is 9.84 Å². The van der Waals surface area contributed by atoms with Crippen LogP contribution in [0.3, 0.4) is 0 Å². The third-order valence-corrected chi connectivity index (χ3v) is 4.39. The first-order valence-electron chi connectivity index (χ1n) is 7.62. The number of aromatic nitrogens is 1. The molecule has 0 saturated carbocycles. The second-order valence-electron chi connectivity index (χ2n) is 5.93. The van der Waals surface area contributed by atoms with Crippen LogP contribution < -0.4 is 5.32 Å². The summed E-state index contributed by atoms with van der Waals surface area (Å²) in [5, 5.41) is 7.99. The van der Waals surface area contributed by atoms with Crippen molar-refractivity contribution in [2.24, 2.45) is 0 Å². The van der Waals surface area contributed by atoms with Crippen LogP contribution in [0.15, 0.2) is 22.7 Å². The van der Waals surface area contributed by atoms with E-state index in [2.05, 4.69) is 10.5 Å². The molecule has 0 aliphatic heterocycles. The molecule has 2 rings (SSSR count). The van der Waals surface area contributed by atoms with Crippen molar-refractivity contribution in [3.8, 4) is 0 Å². The van der Waals surface area contributed by atoms with E-state index in [1.807, 2.05) is 38.8 Å². The highest BCUT2D eigenvalue weighted by atomic mass is 35.5. The van der Waals surface area contributed by atoms with Crippen molar-refractivity contribution >= 4 is 29.1 Å². The van der Waals surface area contributed by atoms with E-state index < -0.39 is 0 Å². The van der Waals surface area contributed by atoms with Gasteiger partial charge in [0.15, 0.2) is 0 Å². The summed E-state index contributed by atoms with van der Waals surface area (Å²) in [6.45, 7) is 6.52. The Morgan fingerprint density at radius 3 is 2.67 bits per heavy atom. The predicted molar refractivity (Wildman–Crippen MR) is 95.3 cm³/mol. The van der Waals surface area contributed by atoms with Gasteiger partial charge in [-0.15, -0.1) is 0 Å². The molecule has 0 saturated heterocycles. The lowest BCUT2D eigenvalue weighted by Crippen LogP contribution is -2.36. The third-order valence-electron chi connectivity index (χ3n) is 3.83. The predicted octanol–water partition coefficient (Wildman–Crippen LogP) is 3.91. The maximum Gasteiger partial charge on any atom is 0.234 e. The van der Waals surface area contributed by atoms with Gasteiger partial charge in [-0.3, -0.25) is 9.69 Å². The Morgan fingerprint density at radius 1 is 1.38 bits per heavy atom. The van der Waals surface area contributed by atoms with Crippen LogP contribution in [0.4, 0.5) is 0 Å². The number of carbonyl (C=O) groups excluding carboxylic acids is 1. The van der Waals surface area contributed by atoms with E-state index in [0.29, 0.717) is 16.6 Å². The fourth-order valence-corrected chi connectivity index (χ4v) is 3.09. The van der Waals surface area contributed by atoms with E-state index in [9.17, 15) is 4.79 Å². The van der Waals surface area contributed by atoms with Crippen molar-refractivity contribution in [2.45, 2.75) is 33.4 Å². The molecule has 2 aromatic rings. The summed E-state index contributed by atoms with van der Waals surface area (Å²) in [6.07, 6.45) is 0. The monoisotopic (exact) mass is 369 g/mol. The lowest BCUT2D eigenvalue weighted by atomic mass is 10.1. The molecular weight excluding hydrogens is 349 g/mol. The molecule has 0 radical (unpaired) electrons. The summed E-state index contributed by atoms with van der Waals surface area (Å²) >= 11 is 12.1. The number of rotatable bonds is 6. The molecule has 5 nitrogen and oxygen atoms in total. The minimum atomic E-state index is -0.199. The number of likely N-dealkylation sites (N-methyl/N-ethyl adjacent to an activating group) is 1. The van der Waals surface area contributed by atoms with Crippen molar-refractivity contribution in [1.82, 2.24) is 15.4 Å². The first kappa shape index (κ1) is 18.8. The Labute approximate surface area is 151 Å². The minimum absolute atomic E-state index is 0.0808. The van der Waals surface area contributed by atoms with Gasteiger partial charge in [-0.2, -0.15) is 0 Å².